The number of nitro groups is 1. The number of hydrogen-bond donors (Lipinski definition) is 2. The molecule has 0 atom stereocenters. The Hall–Kier alpha value is -2.55. The molecule has 0 radical (unpaired) electrons. The largest absolute Gasteiger partial charge is 0.379 e. The van der Waals surface area contributed by atoms with Crippen LogP contribution in [-0.2, 0) is 0 Å². The number of aromatic nitrogens is 2. The molecule has 1 aromatic carbocycles. The number of hydrogen-bond acceptors (Lipinski definition) is 7. The van der Waals surface area contributed by atoms with Gasteiger partial charge in [-0.15, -0.1) is 5.10 Å². The number of nitro benzene ring substituents is 1. The highest BCUT2D eigenvalue weighted by molar-refractivity contribution is 7.10. The van der Waals surface area contributed by atoms with E-state index < -0.39 is 10.8 Å². The molecule has 0 spiro atoms. The van der Waals surface area contributed by atoms with Crippen molar-refractivity contribution >= 4 is 33.8 Å². The van der Waals surface area contributed by atoms with Crippen LogP contribution in [0.3, 0.4) is 0 Å². The predicted molar refractivity (Wildman–Crippen MR) is 79.7 cm³/mol. The van der Waals surface area contributed by atoms with E-state index in [-0.39, 0.29) is 16.9 Å². The fourth-order valence-corrected chi connectivity index (χ4v) is 2.13. The maximum Gasteiger partial charge on any atom is 0.293 e. The van der Waals surface area contributed by atoms with E-state index in [1.54, 1.807) is 0 Å². The molecule has 2 aromatic rings. The van der Waals surface area contributed by atoms with Gasteiger partial charge in [0.15, 0.2) is 0 Å². The van der Waals surface area contributed by atoms with E-state index in [1.807, 2.05) is 6.92 Å². The van der Waals surface area contributed by atoms with Crippen LogP contribution in [0.15, 0.2) is 24.4 Å². The van der Waals surface area contributed by atoms with Gasteiger partial charge in [0, 0.05) is 24.1 Å². The third-order valence-corrected chi connectivity index (χ3v) is 3.21. The van der Waals surface area contributed by atoms with Crippen LogP contribution in [-0.4, -0.2) is 27.0 Å². The van der Waals surface area contributed by atoms with Crippen molar-refractivity contribution < 1.29 is 9.72 Å². The van der Waals surface area contributed by atoms with Crippen LogP contribution in [0.2, 0.25) is 0 Å². The van der Waals surface area contributed by atoms with Gasteiger partial charge in [-0.2, -0.15) is 0 Å². The molecule has 0 aliphatic carbocycles. The van der Waals surface area contributed by atoms with Crippen molar-refractivity contribution in [1.82, 2.24) is 9.59 Å². The minimum atomic E-state index is -0.511. The summed E-state index contributed by atoms with van der Waals surface area (Å²) in [6, 6.07) is 4.38. The summed E-state index contributed by atoms with van der Waals surface area (Å²) in [5.74, 6) is -0.441. The van der Waals surface area contributed by atoms with Crippen LogP contribution in [0.4, 0.5) is 16.4 Å². The van der Waals surface area contributed by atoms with E-state index in [0.29, 0.717) is 11.5 Å². The van der Waals surface area contributed by atoms with Gasteiger partial charge in [-0.05, 0) is 12.5 Å². The SMILES string of the molecule is CCCNc1c(C(=O)Nc2cnns2)cccc1[N+](=O)[O-]. The van der Waals surface area contributed by atoms with E-state index in [2.05, 4.69) is 20.2 Å². The van der Waals surface area contributed by atoms with Crippen molar-refractivity contribution in [3.05, 3.63) is 40.1 Å². The Morgan fingerprint density at radius 1 is 1.48 bits per heavy atom. The zero-order chi connectivity index (χ0) is 15.2. The summed E-state index contributed by atoms with van der Waals surface area (Å²) < 4.78 is 3.64. The van der Waals surface area contributed by atoms with Crippen LogP contribution in [0.1, 0.15) is 23.7 Å². The van der Waals surface area contributed by atoms with Crippen molar-refractivity contribution in [3.63, 3.8) is 0 Å². The third-order valence-electron chi connectivity index (χ3n) is 2.63. The van der Waals surface area contributed by atoms with Crippen LogP contribution >= 0.6 is 11.5 Å². The first-order valence-corrected chi connectivity index (χ1v) is 7.00. The molecular weight excluding hydrogens is 294 g/mol. The van der Waals surface area contributed by atoms with Gasteiger partial charge in [0.1, 0.15) is 10.7 Å². The highest BCUT2D eigenvalue weighted by atomic mass is 32.1. The minimum absolute atomic E-state index is 0.126. The molecule has 2 N–H and O–H groups in total. The molecule has 1 amide bonds. The summed E-state index contributed by atoms with van der Waals surface area (Å²) in [6.45, 7) is 2.47. The molecule has 21 heavy (non-hydrogen) atoms. The Bertz CT molecular complexity index is 644. The highest BCUT2D eigenvalue weighted by Crippen LogP contribution is 2.29. The average Bonchev–Trinajstić information content (AvgIpc) is 2.97. The van der Waals surface area contributed by atoms with Crippen molar-refractivity contribution in [1.29, 1.82) is 0 Å². The molecule has 2 rings (SSSR count). The molecule has 0 aliphatic heterocycles. The normalized spacial score (nSPS) is 10.1. The number of carbonyl (C=O) groups excluding carboxylic acids is 1. The summed E-state index contributed by atoms with van der Waals surface area (Å²) in [6.07, 6.45) is 2.20. The maximum absolute atomic E-state index is 12.2. The molecule has 1 aromatic heterocycles. The van der Waals surface area contributed by atoms with Crippen LogP contribution < -0.4 is 10.6 Å². The predicted octanol–water partition coefficient (Wildman–Crippen LogP) is 2.52. The van der Waals surface area contributed by atoms with Crippen LogP contribution in [0.25, 0.3) is 0 Å². The van der Waals surface area contributed by atoms with Crippen molar-refractivity contribution in [2.24, 2.45) is 0 Å². The number of nitrogens with one attached hydrogen (secondary N) is 2. The number of rotatable bonds is 6. The number of carbonyl (C=O) groups is 1. The van der Waals surface area contributed by atoms with E-state index in [4.69, 9.17) is 0 Å². The first kappa shape index (κ1) is 14.9. The number of amides is 1. The van der Waals surface area contributed by atoms with E-state index in [9.17, 15) is 14.9 Å². The van der Waals surface area contributed by atoms with Gasteiger partial charge in [-0.25, -0.2) is 0 Å². The van der Waals surface area contributed by atoms with Gasteiger partial charge in [0.05, 0.1) is 16.7 Å². The van der Waals surface area contributed by atoms with Crippen LogP contribution in [0, 0.1) is 10.1 Å². The lowest BCUT2D eigenvalue weighted by molar-refractivity contribution is -0.384. The molecule has 8 nitrogen and oxygen atoms in total. The molecule has 9 heteroatoms. The van der Waals surface area contributed by atoms with Gasteiger partial charge in [-0.1, -0.05) is 17.5 Å². The van der Waals surface area contributed by atoms with E-state index >= 15 is 0 Å². The number of anilines is 2. The fraction of sp³-hybridized carbons (Fsp3) is 0.250. The fourth-order valence-electron chi connectivity index (χ4n) is 1.72. The molecule has 0 saturated carbocycles. The topological polar surface area (TPSA) is 110 Å². The molecule has 0 aliphatic rings. The summed E-state index contributed by atoms with van der Waals surface area (Å²) in [5, 5.41) is 20.7. The van der Waals surface area contributed by atoms with Gasteiger partial charge in [-0.3, -0.25) is 14.9 Å². The summed E-state index contributed by atoms with van der Waals surface area (Å²) >= 11 is 1.03. The standard InChI is InChI=1S/C12H13N5O3S/c1-2-6-13-11-8(4-3-5-9(11)17(19)20)12(18)15-10-7-14-16-21-10/h3-5,7,13H,2,6H2,1H3,(H,15,18). The lowest BCUT2D eigenvalue weighted by Gasteiger charge is -2.11. The second kappa shape index (κ2) is 6.75. The summed E-state index contributed by atoms with van der Waals surface area (Å²) in [5.41, 5.74) is 0.309. The second-order valence-electron chi connectivity index (χ2n) is 4.12. The van der Waals surface area contributed by atoms with Gasteiger partial charge < -0.3 is 10.6 Å². The van der Waals surface area contributed by atoms with E-state index in [0.717, 1.165) is 18.0 Å². The first-order chi connectivity index (χ1) is 10.1. The molecule has 0 unspecified atom stereocenters. The van der Waals surface area contributed by atoms with Crippen molar-refractivity contribution in [2.75, 3.05) is 17.2 Å². The third kappa shape index (κ3) is 3.51. The zero-order valence-electron chi connectivity index (χ0n) is 11.2. The number of para-hydroxylation sites is 1. The molecular formula is C12H13N5O3S. The smallest absolute Gasteiger partial charge is 0.293 e. The maximum atomic E-state index is 12.2. The summed E-state index contributed by atoms with van der Waals surface area (Å²) in [4.78, 5) is 22.8. The number of benzene rings is 1. The molecule has 0 fully saturated rings. The Morgan fingerprint density at radius 3 is 2.90 bits per heavy atom. The second-order valence-corrected chi connectivity index (χ2v) is 4.91. The lowest BCUT2D eigenvalue weighted by Crippen LogP contribution is -2.15. The molecule has 0 bridgehead atoms. The van der Waals surface area contributed by atoms with Gasteiger partial charge >= 0.3 is 0 Å². The Labute approximate surface area is 124 Å². The monoisotopic (exact) mass is 307 g/mol. The first-order valence-electron chi connectivity index (χ1n) is 6.23. The lowest BCUT2D eigenvalue weighted by atomic mass is 10.1. The van der Waals surface area contributed by atoms with Crippen molar-refractivity contribution in [2.45, 2.75) is 13.3 Å². The Morgan fingerprint density at radius 2 is 2.29 bits per heavy atom. The van der Waals surface area contributed by atoms with Crippen molar-refractivity contribution in [3.8, 4) is 0 Å². The zero-order valence-corrected chi connectivity index (χ0v) is 12.0. The Balaban J connectivity index is 2.34. The summed E-state index contributed by atoms with van der Waals surface area (Å²) in [7, 11) is 0. The van der Waals surface area contributed by atoms with Gasteiger partial charge in [0.25, 0.3) is 11.6 Å². The quantitative estimate of drug-likeness (QED) is 0.626. The van der Waals surface area contributed by atoms with E-state index in [1.165, 1.54) is 24.4 Å². The van der Waals surface area contributed by atoms with Crippen LogP contribution in [0.5, 0.6) is 0 Å². The Kier molecular flexibility index (Phi) is 4.77. The molecule has 1 heterocycles. The average molecular weight is 307 g/mol. The number of nitrogens with zero attached hydrogens (tertiary/aromatic N) is 3. The van der Waals surface area contributed by atoms with Gasteiger partial charge in [0.2, 0.25) is 0 Å². The minimum Gasteiger partial charge on any atom is -0.379 e. The highest BCUT2D eigenvalue weighted by Gasteiger charge is 2.21. The molecule has 110 valence electrons. The molecule has 0 saturated heterocycles.